The highest BCUT2D eigenvalue weighted by molar-refractivity contribution is 7.89. The molecule has 0 fully saturated rings. The lowest BCUT2D eigenvalue weighted by Gasteiger charge is -2.15. The topological polar surface area (TPSA) is 46.2 Å². The standard InChI is InChI=1S/C15H13Cl2NO2S/c16-11-6-8-15(13(17)9-11)21(19,20)18-14-7-5-10-3-1-2-4-12(10)14/h1-4,6,8-9,14,18H,5,7H2. The minimum atomic E-state index is -3.67. The van der Waals surface area contributed by atoms with Crippen molar-refractivity contribution in [3.05, 3.63) is 63.6 Å². The van der Waals surface area contributed by atoms with Crippen LogP contribution in [0, 0.1) is 0 Å². The van der Waals surface area contributed by atoms with Gasteiger partial charge in [0.1, 0.15) is 4.90 Å². The maximum absolute atomic E-state index is 12.5. The van der Waals surface area contributed by atoms with Crippen LogP contribution in [0.2, 0.25) is 10.0 Å². The number of rotatable bonds is 3. The number of sulfonamides is 1. The highest BCUT2D eigenvalue weighted by Crippen LogP contribution is 2.33. The summed E-state index contributed by atoms with van der Waals surface area (Å²) in [6.07, 6.45) is 1.63. The van der Waals surface area contributed by atoms with Gasteiger partial charge in [0.2, 0.25) is 10.0 Å². The summed E-state index contributed by atoms with van der Waals surface area (Å²) in [7, 11) is -3.67. The molecule has 0 bridgehead atoms. The van der Waals surface area contributed by atoms with Crippen molar-refractivity contribution in [1.82, 2.24) is 4.72 Å². The molecule has 0 aliphatic heterocycles. The number of hydrogen-bond acceptors (Lipinski definition) is 2. The fraction of sp³-hybridized carbons (Fsp3) is 0.200. The van der Waals surface area contributed by atoms with Crippen molar-refractivity contribution in [1.29, 1.82) is 0 Å². The second kappa shape index (κ2) is 5.61. The van der Waals surface area contributed by atoms with Crippen molar-refractivity contribution in [2.75, 3.05) is 0 Å². The first kappa shape index (κ1) is 14.9. The maximum Gasteiger partial charge on any atom is 0.242 e. The van der Waals surface area contributed by atoms with Gasteiger partial charge in [0.15, 0.2) is 0 Å². The van der Waals surface area contributed by atoms with Gasteiger partial charge in [-0.3, -0.25) is 0 Å². The largest absolute Gasteiger partial charge is 0.242 e. The molecule has 3 rings (SSSR count). The Kier molecular flexibility index (Phi) is 3.97. The van der Waals surface area contributed by atoms with Gasteiger partial charge in [-0.15, -0.1) is 0 Å². The summed E-state index contributed by atoms with van der Waals surface area (Å²) in [5.74, 6) is 0. The van der Waals surface area contributed by atoms with Gasteiger partial charge in [0.05, 0.1) is 5.02 Å². The molecule has 1 aliphatic rings. The Morgan fingerprint density at radius 2 is 1.86 bits per heavy atom. The van der Waals surface area contributed by atoms with Crippen LogP contribution in [0.5, 0.6) is 0 Å². The third-order valence-electron chi connectivity index (χ3n) is 3.61. The quantitative estimate of drug-likeness (QED) is 0.918. The van der Waals surface area contributed by atoms with Crippen molar-refractivity contribution in [2.45, 2.75) is 23.8 Å². The number of fused-ring (bicyclic) bond motifs is 1. The fourth-order valence-corrected chi connectivity index (χ4v) is 4.65. The Bertz CT molecular complexity index is 790. The number of halogens is 2. The molecule has 21 heavy (non-hydrogen) atoms. The smallest absolute Gasteiger partial charge is 0.207 e. The molecule has 0 heterocycles. The van der Waals surface area contributed by atoms with Gasteiger partial charge in [-0.25, -0.2) is 13.1 Å². The third-order valence-corrected chi connectivity index (χ3v) is 5.80. The van der Waals surface area contributed by atoms with Crippen molar-refractivity contribution in [3.8, 4) is 0 Å². The highest BCUT2D eigenvalue weighted by Gasteiger charge is 2.28. The van der Waals surface area contributed by atoms with Gasteiger partial charge in [0, 0.05) is 11.1 Å². The van der Waals surface area contributed by atoms with E-state index in [0.29, 0.717) is 5.02 Å². The molecule has 2 aromatic rings. The van der Waals surface area contributed by atoms with Crippen LogP contribution in [0.3, 0.4) is 0 Å². The predicted octanol–water partition coefficient (Wildman–Crippen LogP) is 3.96. The maximum atomic E-state index is 12.5. The average Bonchev–Trinajstić information content (AvgIpc) is 2.81. The minimum absolute atomic E-state index is 0.0537. The SMILES string of the molecule is O=S(=O)(NC1CCc2ccccc21)c1ccc(Cl)cc1Cl. The summed E-state index contributed by atoms with van der Waals surface area (Å²) in [4.78, 5) is 0.0537. The summed E-state index contributed by atoms with van der Waals surface area (Å²) in [6, 6.07) is 12.0. The van der Waals surface area contributed by atoms with E-state index >= 15 is 0 Å². The second-order valence-corrected chi connectivity index (χ2v) is 7.51. The minimum Gasteiger partial charge on any atom is -0.207 e. The Morgan fingerprint density at radius 3 is 2.62 bits per heavy atom. The molecular formula is C15H13Cl2NO2S. The van der Waals surface area contributed by atoms with Crippen molar-refractivity contribution in [3.63, 3.8) is 0 Å². The van der Waals surface area contributed by atoms with Gasteiger partial charge in [-0.1, -0.05) is 47.5 Å². The average molecular weight is 342 g/mol. The van der Waals surface area contributed by atoms with E-state index < -0.39 is 10.0 Å². The molecule has 0 saturated heterocycles. The molecular weight excluding hydrogens is 329 g/mol. The normalized spacial score (nSPS) is 17.7. The molecule has 0 spiro atoms. The Balaban J connectivity index is 1.91. The van der Waals surface area contributed by atoms with Gasteiger partial charge in [-0.2, -0.15) is 0 Å². The second-order valence-electron chi connectivity index (χ2n) is 4.99. The lowest BCUT2D eigenvalue weighted by molar-refractivity contribution is 0.554. The van der Waals surface area contributed by atoms with Crippen molar-refractivity contribution < 1.29 is 8.42 Å². The number of benzene rings is 2. The van der Waals surface area contributed by atoms with E-state index in [-0.39, 0.29) is 16.0 Å². The molecule has 6 heteroatoms. The van der Waals surface area contributed by atoms with Gasteiger partial charge in [-0.05, 0) is 42.2 Å². The number of hydrogen-bond donors (Lipinski definition) is 1. The molecule has 1 aliphatic carbocycles. The molecule has 1 unspecified atom stereocenters. The first-order valence-electron chi connectivity index (χ1n) is 6.52. The highest BCUT2D eigenvalue weighted by atomic mass is 35.5. The van der Waals surface area contributed by atoms with Gasteiger partial charge < -0.3 is 0 Å². The molecule has 0 amide bonds. The van der Waals surface area contributed by atoms with E-state index in [0.717, 1.165) is 18.4 Å². The van der Waals surface area contributed by atoms with Gasteiger partial charge in [0.25, 0.3) is 0 Å². The summed E-state index contributed by atoms with van der Waals surface area (Å²) in [6.45, 7) is 0. The summed E-state index contributed by atoms with van der Waals surface area (Å²) in [5, 5.41) is 0.534. The zero-order valence-electron chi connectivity index (χ0n) is 11.0. The first-order valence-corrected chi connectivity index (χ1v) is 8.76. The molecule has 1 N–H and O–H groups in total. The lowest BCUT2D eigenvalue weighted by atomic mass is 10.1. The first-order chi connectivity index (χ1) is 9.97. The molecule has 0 aromatic heterocycles. The van der Waals surface area contributed by atoms with Crippen LogP contribution in [0.25, 0.3) is 0 Å². The van der Waals surface area contributed by atoms with E-state index in [2.05, 4.69) is 4.72 Å². The number of aryl methyl sites for hydroxylation is 1. The molecule has 110 valence electrons. The Hall–Kier alpha value is -1.07. The number of nitrogens with one attached hydrogen (secondary N) is 1. The van der Waals surface area contributed by atoms with Crippen LogP contribution in [-0.4, -0.2) is 8.42 Å². The van der Waals surface area contributed by atoms with Crippen molar-refractivity contribution in [2.24, 2.45) is 0 Å². The van der Waals surface area contributed by atoms with Crippen LogP contribution >= 0.6 is 23.2 Å². The molecule has 1 atom stereocenters. The van der Waals surface area contributed by atoms with E-state index in [1.807, 2.05) is 24.3 Å². The predicted molar refractivity (Wildman–Crippen MR) is 84.3 cm³/mol. The molecule has 2 aromatic carbocycles. The zero-order valence-corrected chi connectivity index (χ0v) is 13.3. The van der Waals surface area contributed by atoms with Crippen LogP contribution in [0.15, 0.2) is 47.4 Å². The summed E-state index contributed by atoms with van der Waals surface area (Å²) in [5.41, 5.74) is 2.22. The molecule has 3 nitrogen and oxygen atoms in total. The van der Waals surface area contributed by atoms with E-state index in [4.69, 9.17) is 23.2 Å². The van der Waals surface area contributed by atoms with E-state index in [1.54, 1.807) is 0 Å². The molecule has 0 radical (unpaired) electrons. The third kappa shape index (κ3) is 2.94. The van der Waals surface area contributed by atoms with E-state index in [1.165, 1.54) is 23.8 Å². The van der Waals surface area contributed by atoms with E-state index in [9.17, 15) is 8.42 Å². The van der Waals surface area contributed by atoms with Gasteiger partial charge >= 0.3 is 0 Å². The van der Waals surface area contributed by atoms with Crippen LogP contribution < -0.4 is 4.72 Å². The van der Waals surface area contributed by atoms with Crippen LogP contribution in [0.4, 0.5) is 0 Å². The van der Waals surface area contributed by atoms with Crippen molar-refractivity contribution >= 4 is 33.2 Å². The van der Waals surface area contributed by atoms with Crippen LogP contribution in [-0.2, 0) is 16.4 Å². The van der Waals surface area contributed by atoms with Crippen LogP contribution in [0.1, 0.15) is 23.6 Å². The Labute approximate surface area is 133 Å². The monoisotopic (exact) mass is 341 g/mol. The fourth-order valence-electron chi connectivity index (χ4n) is 2.62. The molecule has 0 saturated carbocycles. The summed E-state index contributed by atoms with van der Waals surface area (Å²) >= 11 is 11.8. The zero-order chi connectivity index (χ0) is 15.0. The lowest BCUT2D eigenvalue weighted by Crippen LogP contribution is -2.27. The summed E-state index contributed by atoms with van der Waals surface area (Å²) < 4.78 is 27.7. The Morgan fingerprint density at radius 1 is 1.10 bits per heavy atom.